The minimum atomic E-state index is -0.103. The molecule has 0 bridgehead atoms. The lowest BCUT2D eigenvalue weighted by atomic mass is 10.1. The highest BCUT2D eigenvalue weighted by Gasteiger charge is 2.32. The van der Waals surface area contributed by atoms with E-state index in [1.54, 1.807) is 18.1 Å². The second-order valence-electron chi connectivity index (χ2n) is 8.29. The number of likely N-dealkylation sites (N-methyl/N-ethyl adjacent to an activating group) is 1. The molecular weight excluding hydrogens is 508 g/mol. The van der Waals surface area contributed by atoms with E-state index in [9.17, 15) is 4.79 Å². The number of benzene rings is 3. The molecule has 0 spiro atoms. The highest BCUT2D eigenvalue weighted by Crippen LogP contribution is 2.40. The number of ether oxygens (including phenoxy) is 3. The fourth-order valence-electron chi connectivity index (χ4n) is 3.70. The van der Waals surface area contributed by atoms with Crippen molar-refractivity contribution < 1.29 is 19.0 Å². The Morgan fingerprint density at radius 1 is 1.03 bits per heavy atom. The normalized spacial score (nSPS) is 15.5. The van der Waals surface area contributed by atoms with E-state index < -0.39 is 0 Å². The van der Waals surface area contributed by atoms with Gasteiger partial charge in [0.05, 0.1) is 29.3 Å². The van der Waals surface area contributed by atoms with Crippen molar-refractivity contribution in [3.8, 4) is 17.2 Å². The Balaban J connectivity index is 1.59. The molecule has 1 heterocycles. The van der Waals surface area contributed by atoms with E-state index in [4.69, 9.17) is 25.8 Å². The molecule has 8 heteroatoms. The lowest BCUT2D eigenvalue weighted by molar-refractivity contribution is -0.122. The summed E-state index contributed by atoms with van der Waals surface area (Å²) in [6.07, 6.45) is 1.81. The summed E-state index contributed by atoms with van der Waals surface area (Å²) in [6, 6.07) is 19.2. The lowest BCUT2D eigenvalue weighted by Crippen LogP contribution is -2.28. The van der Waals surface area contributed by atoms with Crippen LogP contribution in [-0.2, 0) is 11.4 Å². The lowest BCUT2D eigenvalue weighted by Gasteiger charge is -2.15. The molecule has 1 fully saturated rings. The zero-order valence-corrected chi connectivity index (χ0v) is 22.9. The van der Waals surface area contributed by atoms with E-state index in [1.807, 2.05) is 81.4 Å². The van der Waals surface area contributed by atoms with Gasteiger partial charge in [-0.25, -0.2) is 4.99 Å². The topological polar surface area (TPSA) is 60.4 Å². The summed E-state index contributed by atoms with van der Waals surface area (Å²) < 4.78 is 17.1. The molecule has 1 amide bonds. The summed E-state index contributed by atoms with van der Waals surface area (Å²) in [5, 5.41) is 1.04. The number of carbonyl (C=O) groups is 1. The van der Waals surface area contributed by atoms with Crippen molar-refractivity contribution in [3.63, 3.8) is 0 Å². The summed E-state index contributed by atoms with van der Waals surface area (Å²) in [5.74, 6) is 1.66. The predicted octanol–water partition coefficient (Wildman–Crippen LogP) is 7.26. The van der Waals surface area contributed by atoms with Gasteiger partial charge < -0.3 is 14.2 Å². The summed E-state index contributed by atoms with van der Waals surface area (Å²) in [6.45, 7) is 7.20. The van der Waals surface area contributed by atoms with Crippen molar-refractivity contribution >= 4 is 46.2 Å². The molecule has 0 radical (unpaired) electrons. The first kappa shape index (κ1) is 26.6. The fraction of sp³-hybridized carbons (Fsp3) is 0.241. The number of hydrogen-bond donors (Lipinski definition) is 0. The van der Waals surface area contributed by atoms with Crippen LogP contribution in [-0.4, -0.2) is 36.2 Å². The van der Waals surface area contributed by atoms with Crippen molar-refractivity contribution in [2.75, 3.05) is 20.3 Å². The van der Waals surface area contributed by atoms with Crippen LogP contribution in [0.15, 0.2) is 70.6 Å². The molecule has 1 saturated heterocycles. The van der Waals surface area contributed by atoms with E-state index >= 15 is 0 Å². The number of amides is 1. The Labute approximate surface area is 226 Å². The maximum Gasteiger partial charge on any atom is 0.266 e. The molecule has 0 saturated carbocycles. The van der Waals surface area contributed by atoms with Gasteiger partial charge in [0, 0.05) is 6.54 Å². The molecule has 0 atom stereocenters. The van der Waals surface area contributed by atoms with Crippen molar-refractivity contribution in [1.29, 1.82) is 0 Å². The van der Waals surface area contributed by atoms with Gasteiger partial charge in [-0.3, -0.25) is 9.69 Å². The molecule has 1 aliphatic rings. The van der Waals surface area contributed by atoms with Gasteiger partial charge in [-0.15, -0.1) is 0 Å². The summed E-state index contributed by atoms with van der Waals surface area (Å²) in [5.41, 5.74) is 3.71. The number of aryl methyl sites for hydroxylation is 1. The number of amidine groups is 1. The van der Waals surface area contributed by atoms with E-state index in [0.29, 0.717) is 46.4 Å². The molecule has 37 heavy (non-hydrogen) atoms. The van der Waals surface area contributed by atoms with Gasteiger partial charge >= 0.3 is 0 Å². The Hall–Kier alpha value is -3.42. The smallest absolute Gasteiger partial charge is 0.266 e. The molecule has 3 aromatic rings. The van der Waals surface area contributed by atoms with Gasteiger partial charge in [-0.05, 0) is 86.1 Å². The van der Waals surface area contributed by atoms with Crippen LogP contribution >= 0.6 is 23.4 Å². The SMILES string of the molecule is CCOc1cc(/C=C2/SC(=Nc3ccc(OC)cc3)N(CC)C2=O)cc(Cl)c1OCc1ccc(C)cc1. The van der Waals surface area contributed by atoms with E-state index in [2.05, 4.69) is 4.99 Å². The molecule has 6 nitrogen and oxygen atoms in total. The van der Waals surface area contributed by atoms with Crippen LogP contribution < -0.4 is 14.2 Å². The van der Waals surface area contributed by atoms with E-state index in [-0.39, 0.29) is 5.91 Å². The average molecular weight is 537 g/mol. The molecule has 3 aromatic carbocycles. The molecule has 0 N–H and O–H groups in total. The molecule has 4 rings (SSSR count). The Kier molecular flexibility index (Phi) is 8.79. The molecule has 1 aliphatic heterocycles. The van der Waals surface area contributed by atoms with Crippen LogP contribution in [0.25, 0.3) is 6.08 Å². The maximum absolute atomic E-state index is 13.1. The minimum absolute atomic E-state index is 0.103. The standard InChI is InChI=1S/C29H29ClN2O4S/c1-5-32-28(33)26(37-29(32)31-22-11-13-23(34-4)14-12-22)17-21-15-24(30)27(25(16-21)35-6-2)36-18-20-9-7-19(3)8-10-20/h7-17H,5-6,18H2,1-4H3/b26-17+,31-29?. The molecule has 0 aromatic heterocycles. The number of methoxy groups -OCH3 is 1. The highest BCUT2D eigenvalue weighted by atomic mass is 35.5. The van der Waals surface area contributed by atoms with E-state index in [0.717, 1.165) is 22.6 Å². The van der Waals surface area contributed by atoms with Gasteiger partial charge in [-0.2, -0.15) is 0 Å². The van der Waals surface area contributed by atoms with Gasteiger partial charge in [0.15, 0.2) is 16.7 Å². The number of halogens is 1. The number of nitrogens with zero attached hydrogens (tertiary/aromatic N) is 2. The van der Waals surface area contributed by atoms with Crippen LogP contribution in [0.4, 0.5) is 5.69 Å². The largest absolute Gasteiger partial charge is 0.497 e. The van der Waals surface area contributed by atoms with Crippen LogP contribution in [0.2, 0.25) is 5.02 Å². The Morgan fingerprint density at radius 3 is 2.41 bits per heavy atom. The molecule has 192 valence electrons. The van der Waals surface area contributed by atoms with Crippen LogP contribution in [0.5, 0.6) is 17.2 Å². The van der Waals surface area contributed by atoms with Gasteiger partial charge in [0.1, 0.15) is 12.4 Å². The predicted molar refractivity (Wildman–Crippen MR) is 151 cm³/mol. The van der Waals surface area contributed by atoms with Crippen LogP contribution in [0, 0.1) is 6.92 Å². The Bertz CT molecular complexity index is 1320. The van der Waals surface area contributed by atoms with Crippen molar-refractivity contribution in [2.24, 2.45) is 4.99 Å². The fourth-order valence-corrected chi connectivity index (χ4v) is 5.04. The summed E-state index contributed by atoms with van der Waals surface area (Å²) in [4.78, 5) is 20.0. The number of thioether (sulfide) groups is 1. The number of carbonyl (C=O) groups excluding carboxylic acids is 1. The highest BCUT2D eigenvalue weighted by molar-refractivity contribution is 8.18. The van der Waals surface area contributed by atoms with Crippen molar-refractivity contribution in [2.45, 2.75) is 27.4 Å². The second kappa shape index (κ2) is 12.2. The number of aliphatic imine (C=N–C) groups is 1. The van der Waals surface area contributed by atoms with E-state index in [1.165, 1.54) is 17.3 Å². The third-order valence-electron chi connectivity index (χ3n) is 5.63. The van der Waals surface area contributed by atoms with Gasteiger partial charge in [0.25, 0.3) is 5.91 Å². The first-order valence-corrected chi connectivity index (χ1v) is 13.2. The van der Waals surface area contributed by atoms with Gasteiger partial charge in [-0.1, -0.05) is 41.4 Å². The van der Waals surface area contributed by atoms with Gasteiger partial charge in [0.2, 0.25) is 0 Å². The number of rotatable bonds is 9. The second-order valence-corrected chi connectivity index (χ2v) is 9.71. The first-order chi connectivity index (χ1) is 17.9. The Morgan fingerprint density at radius 2 is 1.76 bits per heavy atom. The summed E-state index contributed by atoms with van der Waals surface area (Å²) >= 11 is 7.96. The van der Waals surface area contributed by atoms with Crippen LogP contribution in [0.3, 0.4) is 0 Å². The maximum atomic E-state index is 13.1. The van der Waals surface area contributed by atoms with Crippen LogP contribution in [0.1, 0.15) is 30.5 Å². The monoisotopic (exact) mass is 536 g/mol. The molecule has 0 unspecified atom stereocenters. The van der Waals surface area contributed by atoms with Crippen molar-refractivity contribution in [3.05, 3.63) is 87.3 Å². The number of hydrogen-bond acceptors (Lipinski definition) is 6. The van der Waals surface area contributed by atoms with Crippen molar-refractivity contribution in [1.82, 2.24) is 4.90 Å². The first-order valence-electron chi connectivity index (χ1n) is 12.0. The third-order valence-corrected chi connectivity index (χ3v) is 6.92. The average Bonchev–Trinajstić information content (AvgIpc) is 3.18. The zero-order valence-electron chi connectivity index (χ0n) is 21.3. The minimum Gasteiger partial charge on any atom is -0.497 e. The molecular formula is C29H29ClN2O4S. The zero-order chi connectivity index (χ0) is 26.4. The third kappa shape index (κ3) is 6.48. The summed E-state index contributed by atoms with van der Waals surface area (Å²) in [7, 11) is 1.62. The molecule has 0 aliphatic carbocycles. The quantitative estimate of drug-likeness (QED) is 0.269.